The fourth-order valence-electron chi connectivity index (χ4n) is 5.83. The monoisotopic (exact) mass is 300 g/mol. The van der Waals surface area contributed by atoms with Crippen LogP contribution in [-0.2, 0) is 10.2 Å². The van der Waals surface area contributed by atoms with Crippen LogP contribution >= 0.6 is 0 Å². The predicted octanol–water partition coefficient (Wildman–Crippen LogP) is 2.92. The first-order valence-corrected chi connectivity index (χ1v) is 7.97. The van der Waals surface area contributed by atoms with E-state index in [4.69, 9.17) is 5.73 Å². The van der Waals surface area contributed by atoms with Crippen molar-refractivity contribution in [3.63, 3.8) is 0 Å². The van der Waals surface area contributed by atoms with Crippen molar-refractivity contribution < 1.29 is 9.72 Å². The molecular formula is C17H20N2O3. The van der Waals surface area contributed by atoms with Crippen LogP contribution in [0, 0.1) is 27.4 Å². The number of carbonyl (C=O) groups excluding carboxylic acids is 1. The predicted molar refractivity (Wildman–Crippen MR) is 81.1 cm³/mol. The number of benzene rings is 1. The Hall–Kier alpha value is -1.91. The van der Waals surface area contributed by atoms with Gasteiger partial charge in [-0.3, -0.25) is 14.9 Å². The first kappa shape index (κ1) is 13.7. The first-order chi connectivity index (χ1) is 10.4. The van der Waals surface area contributed by atoms with Crippen LogP contribution in [0.1, 0.15) is 44.1 Å². The molecule has 0 heterocycles. The maximum atomic E-state index is 12.1. The van der Waals surface area contributed by atoms with Gasteiger partial charge in [0.2, 0.25) is 5.91 Å². The van der Waals surface area contributed by atoms with Gasteiger partial charge in [-0.05, 0) is 61.3 Å². The number of rotatable bonds is 3. The van der Waals surface area contributed by atoms with E-state index in [9.17, 15) is 14.9 Å². The van der Waals surface area contributed by atoms with Crippen LogP contribution in [0.15, 0.2) is 24.3 Å². The maximum Gasteiger partial charge on any atom is 0.269 e. The van der Waals surface area contributed by atoms with Crippen molar-refractivity contribution in [2.24, 2.45) is 23.0 Å². The number of primary amides is 1. The molecule has 5 nitrogen and oxygen atoms in total. The minimum atomic E-state index is -0.367. The number of amides is 1. The Morgan fingerprint density at radius 2 is 1.73 bits per heavy atom. The van der Waals surface area contributed by atoms with Crippen molar-refractivity contribution in [2.45, 2.75) is 43.9 Å². The van der Waals surface area contributed by atoms with E-state index in [0.29, 0.717) is 11.8 Å². The molecule has 2 N–H and O–H groups in total. The van der Waals surface area contributed by atoms with Gasteiger partial charge in [-0.2, -0.15) is 0 Å². The molecule has 0 aliphatic heterocycles. The molecular weight excluding hydrogens is 280 g/mol. The topological polar surface area (TPSA) is 86.2 Å². The van der Waals surface area contributed by atoms with E-state index in [1.165, 1.54) is 6.42 Å². The zero-order valence-corrected chi connectivity index (χ0v) is 12.5. The van der Waals surface area contributed by atoms with Gasteiger partial charge in [0.25, 0.3) is 5.69 Å². The third-order valence-electron chi connectivity index (χ3n) is 6.27. The molecule has 4 fully saturated rings. The van der Waals surface area contributed by atoms with Crippen molar-refractivity contribution in [3.05, 3.63) is 39.9 Å². The van der Waals surface area contributed by atoms with Crippen molar-refractivity contribution in [1.29, 1.82) is 0 Å². The number of hydrogen-bond acceptors (Lipinski definition) is 3. The quantitative estimate of drug-likeness (QED) is 0.687. The van der Waals surface area contributed by atoms with E-state index in [2.05, 4.69) is 0 Å². The molecule has 4 aliphatic carbocycles. The highest BCUT2D eigenvalue weighted by atomic mass is 16.6. The molecule has 5 heteroatoms. The molecule has 2 unspecified atom stereocenters. The van der Waals surface area contributed by atoms with E-state index >= 15 is 0 Å². The summed E-state index contributed by atoms with van der Waals surface area (Å²) in [6.07, 6.45) is 6.09. The van der Waals surface area contributed by atoms with Gasteiger partial charge in [0, 0.05) is 12.1 Å². The lowest BCUT2D eigenvalue weighted by Crippen LogP contribution is -2.58. The van der Waals surface area contributed by atoms with Crippen LogP contribution in [0.3, 0.4) is 0 Å². The Morgan fingerprint density at radius 3 is 2.23 bits per heavy atom. The van der Waals surface area contributed by atoms with Gasteiger partial charge >= 0.3 is 0 Å². The second kappa shape index (κ2) is 4.31. The molecule has 1 aromatic rings. The molecule has 0 spiro atoms. The van der Waals surface area contributed by atoms with Crippen molar-refractivity contribution in [3.8, 4) is 0 Å². The van der Waals surface area contributed by atoms with Crippen LogP contribution in [0.4, 0.5) is 5.69 Å². The second-order valence-corrected chi connectivity index (χ2v) is 7.69. The lowest BCUT2D eigenvalue weighted by Gasteiger charge is -2.61. The summed E-state index contributed by atoms with van der Waals surface area (Å²) in [7, 11) is 0. The SMILES string of the molecule is NC(=O)C12CC3CC(C1)CC(c1ccc([N+](=O)[O-])cc1)(C3)C2. The second-order valence-electron chi connectivity index (χ2n) is 7.69. The minimum absolute atomic E-state index is 0.00571. The van der Waals surface area contributed by atoms with Gasteiger partial charge < -0.3 is 5.73 Å². The highest BCUT2D eigenvalue weighted by molar-refractivity contribution is 5.81. The standard InChI is InChI=1S/C17H20N2O3/c18-15(20)17-8-11-5-12(9-17)7-16(6-11,10-17)13-1-3-14(4-2-13)19(21)22/h1-4,11-12H,5-10H2,(H2,18,20). The van der Waals surface area contributed by atoms with Crippen molar-refractivity contribution in [1.82, 2.24) is 0 Å². The number of nitro benzene ring substituents is 1. The van der Waals surface area contributed by atoms with Crippen LogP contribution in [0.25, 0.3) is 0 Å². The third kappa shape index (κ3) is 1.81. The molecule has 4 aliphatic rings. The number of nitrogens with two attached hydrogens (primary N) is 1. The molecule has 0 radical (unpaired) electrons. The summed E-state index contributed by atoms with van der Waals surface area (Å²) in [5.41, 5.74) is 6.69. The molecule has 116 valence electrons. The molecule has 5 rings (SSSR count). The van der Waals surface area contributed by atoms with E-state index in [-0.39, 0.29) is 27.3 Å². The summed E-state index contributed by atoms with van der Waals surface area (Å²) in [6, 6.07) is 6.95. The number of carbonyl (C=O) groups is 1. The molecule has 1 aromatic carbocycles. The zero-order chi connectivity index (χ0) is 15.5. The van der Waals surface area contributed by atoms with Crippen LogP contribution < -0.4 is 5.73 Å². The van der Waals surface area contributed by atoms with E-state index in [0.717, 1.165) is 37.7 Å². The summed E-state index contributed by atoms with van der Waals surface area (Å²) < 4.78 is 0. The first-order valence-electron chi connectivity index (χ1n) is 7.97. The zero-order valence-electron chi connectivity index (χ0n) is 12.5. The molecule has 0 aromatic heterocycles. The number of non-ortho nitro benzene ring substituents is 1. The average Bonchev–Trinajstić information content (AvgIpc) is 2.46. The molecule has 4 saturated carbocycles. The Labute approximate surface area is 129 Å². The summed E-state index contributed by atoms with van der Waals surface area (Å²) in [6.45, 7) is 0. The lowest BCUT2D eigenvalue weighted by atomic mass is 9.42. The average molecular weight is 300 g/mol. The van der Waals surface area contributed by atoms with Crippen LogP contribution in [0.2, 0.25) is 0 Å². The van der Waals surface area contributed by atoms with Gasteiger partial charge in [-0.25, -0.2) is 0 Å². The molecule has 1 amide bonds. The van der Waals surface area contributed by atoms with E-state index in [1.807, 2.05) is 12.1 Å². The number of nitrogens with zero attached hydrogens (tertiary/aromatic N) is 1. The largest absolute Gasteiger partial charge is 0.369 e. The fraction of sp³-hybridized carbons (Fsp3) is 0.588. The summed E-state index contributed by atoms with van der Waals surface area (Å²) in [5.74, 6) is 1.00. The maximum absolute atomic E-state index is 12.1. The van der Waals surface area contributed by atoms with Gasteiger partial charge in [0.1, 0.15) is 0 Å². The highest BCUT2D eigenvalue weighted by Crippen LogP contribution is 2.65. The van der Waals surface area contributed by atoms with Gasteiger partial charge in [0.05, 0.1) is 10.3 Å². The van der Waals surface area contributed by atoms with Gasteiger partial charge in [-0.15, -0.1) is 0 Å². The van der Waals surface area contributed by atoms with Gasteiger partial charge in [-0.1, -0.05) is 12.1 Å². The van der Waals surface area contributed by atoms with Gasteiger partial charge in [0.15, 0.2) is 0 Å². The number of nitro groups is 1. The van der Waals surface area contributed by atoms with Crippen molar-refractivity contribution in [2.75, 3.05) is 0 Å². The van der Waals surface area contributed by atoms with Crippen LogP contribution in [0.5, 0.6) is 0 Å². The smallest absolute Gasteiger partial charge is 0.269 e. The number of hydrogen-bond donors (Lipinski definition) is 1. The summed E-state index contributed by atoms with van der Waals surface area (Å²) >= 11 is 0. The highest BCUT2D eigenvalue weighted by Gasteiger charge is 2.60. The normalized spacial score (nSPS) is 38.9. The molecule has 4 bridgehead atoms. The van der Waals surface area contributed by atoms with E-state index in [1.54, 1.807) is 12.1 Å². The van der Waals surface area contributed by atoms with Crippen LogP contribution in [-0.4, -0.2) is 10.8 Å². The lowest BCUT2D eigenvalue weighted by molar-refractivity contribution is -0.384. The summed E-state index contributed by atoms with van der Waals surface area (Å²) in [5, 5.41) is 10.8. The Morgan fingerprint density at radius 1 is 1.14 bits per heavy atom. The molecule has 0 saturated heterocycles. The Bertz CT molecular complexity index is 638. The Kier molecular flexibility index (Phi) is 2.69. The molecule has 2 atom stereocenters. The third-order valence-corrected chi connectivity index (χ3v) is 6.27. The van der Waals surface area contributed by atoms with Crippen molar-refractivity contribution >= 4 is 11.6 Å². The Balaban J connectivity index is 1.74. The molecule has 22 heavy (non-hydrogen) atoms. The summed E-state index contributed by atoms with van der Waals surface area (Å²) in [4.78, 5) is 22.6. The minimum Gasteiger partial charge on any atom is -0.369 e. The fourth-order valence-corrected chi connectivity index (χ4v) is 5.83. The van der Waals surface area contributed by atoms with E-state index < -0.39 is 0 Å².